The zero-order valence-electron chi connectivity index (χ0n) is 10.9. The second-order valence-corrected chi connectivity index (χ2v) is 5.42. The third-order valence-electron chi connectivity index (χ3n) is 4.58. The predicted molar refractivity (Wildman–Crippen MR) is 70.7 cm³/mol. The fourth-order valence-electron chi connectivity index (χ4n) is 3.47. The van der Waals surface area contributed by atoms with Gasteiger partial charge in [0.15, 0.2) is 0 Å². The van der Waals surface area contributed by atoms with Gasteiger partial charge >= 0.3 is 0 Å². The van der Waals surface area contributed by atoms with Crippen LogP contribution in [0.1, 0.15) is 56.6 Å². The van der Waals surface area contributed by atoms with Crippen LogP contribution in [0.5, 0.6) is 0 Å². The summed E-state index contributed by atoms with van der Waals surface area (Å²) in [6.07, 6.45) is 5.61. The van der Waals surface area contributed by atoms with E-state index in [4.69, 9.17) is 0 Å². The Morgan fingerprint density at radius 1 is 1.19 bits per heavy atom. The Bertz CT molecular complexity index is 340. The van der Waals surface area contributed by atoms with Gasteiger partial charge < -0.3 is 0 Å². The summed E-state index contributed by atoms with van der Waals surface area (Å²) >= 11 is 0. The van der Waals surface area contributed by atoms with E-state index < -0.39 is 0 Å². The van der Waals surface area contributed by atoms with Crippen molar-refractivity contribution in [2.45, 2.75) is 52.4 Å². The van der Waals surface area contributed by atoms with E-state index in [0.717, 1.165) is 17.8 Å². The van der Waals surface area contributed by atoms with E-state index in [0.29, 0.717) is 0 Å². The summed E-state index contributed by atoms with van der Waals surface area (Å²) in [5.41, 5.74) is 3.09. The lowest BCUT2D eigenvalue weighted by Crippen LogP contribution is -2.24. The first-order chi connectivity index (χ1) is 7.74. The van der Waals surface area contributed by atoms with E-state index in [1.165, 1.54) is 31.2 Å². The van der Waals surface area contributed by atoms with Crippen molar-refractivity contribution in [1.29, 1.82) is 0 Å². The molecule has 0 saturated heterocycles. The van der Waals surface area contributed by atoms with Gasteiger partial charge in [-0.15, -0.1) is 0 Å². The van der Waals surface area contributed by atoms with Crippen molar-refractivity contribution >= 4 is 0 Å². The molecule has 0 N–H and O–H groups in total. The third kappa shape index (κ3) is 2.16. The molecule has 0 heterocycles. The Balaban J connectivity index is 2.23. The first kappa shape index (κ1) is 11.7. The molecule has 1 aromatic carbocycles. The molecule has 0 aliphatic heterocycles. The van der Waals surface area contributed by atoms with Crippen molar-refractivity contribution in [2.24, 2.45) is 11.8 Å². The van der Waals surface area contributed by atoms with Gasteiger partial charge in [0.2, 0.25) is 0 Å². The Hall–Kier alpha value is -0.780. The highest BCUT2D eigenvalue weighted by atomic mass is 14.3. The van der Waals surface area contributed by atoms with Crippen LogP contribution in [0.4, 0.5) is 0 Å². The zero-order valence-corrected chi connectivity index (χ0v) is 10.9. The summed E-state index contributed by atoms with van der Waals surface area (Å²) in [6.45, 7) is 7.07. The number of aryl methyl sites for hydroxylation is 1. The third-order valence-corrected chi connectivity index (χ3v) is 4.58. The molecule has 0 radical (unpaired) electrons. The maximum absolute atomic E-state index is 2.46. The van der Waals surface area contributed by atoms with Crippen LogP contribution in [0.3, 0.4) is 0 Å². The quantitative estimate of drug-likeness (QED) is 0.658. The molecule has 0 heteroatoms. The van der Waals surface area contributed by atoms with Gasteiger partial charge in [0.1, 0.15) is 0 Å². The second kappa shape index (κ2) is 5.03. The van der Waals surface area contributed by atoms with Gasteiger partial charge in [-0.1, -0.05) is 57.4 Å². The minimum absolute atomic E-state index is 0.805. The predicted octanol–water partition coefficient (Wildman–Crippen LogP) is 4.92. The molecule has 2 rings (SSSR count). The van der Waals surface area contributed by atoms with Crippen molar-refractivity contribution in [3.05, 3.63) is 35.4 Å². The molecule has 1 aliphatic rings. The first-order valence-electron chi connectivity index (χ1n) is 6.79. The Labute approximate surface area is 100 Å². The summed E-state index contributed by atoms with van der Waals surface area (Å²) in [6, 6.07) is 8.96. The zero-order chi connectivity index (χ0) is 11.5. The molecule has 88 valence electrons. The average molecular weight is 216 g/mol. The molecule has 0 amide bonds. The van der Waals surface area contributed by atoms with Crippen LogP contribution in [0.2, 0.25) is 0 Å². The van der Waals surface area contributed by atoms with E-state index in [1.807, 2.05) is 0 Å². The fourth-order valence-corrected chi connectivity index (χ4v) is 3.47. The molecular weight excluding hydrogens is 192 g/mol. The van der Waals surface area contributed by atoms with E-state index in [2.05, 4.69) is 45.0 Å². The average Bonchev–Trinajstić information content (AvgIpc) is 2.31. The maximum atomic E-state index is 2.46. The molecule has 1 aromatic rings. The van der Waals surface area contributed by atoms with Crippen molar-refractivity contribution < 1.29 is 0 Å². The Kier molecular flexibility index (Phi) is 3.68. The van der Waals surface area contributed by atoms with Crippen LogP contribution in [-0.2, 0) is 0 Å². The van der Waals surface area contributed by atoms with Crippen molar-refractivity contribution in [1.82, 2.24) is 0 Å². The van der Waals surface area contributed by atoms with E-state index in [1.54, 1.807) is 5.56 Å². The Morgan fingerprint density at radius 3 is 2.62 bits per heavy atom. The maximum Gasteiger partial charge on any atom is -0.0131 e. The van der Waals surface area contributed by atoms with Gasteiger partial charge in [-0.3, -0.25) is 0 Å². The van der Waals surface area contributed by atoms with Crippen LogP contribution in [0.25, 0.3) is 0 Å². The lowest BCUT2D eigenvalue weighted by molar-refractivity contribution is 0.214. The van der Waals surface area contributed by atoms with Gasteiger partial charge in [0, 0.05) is 0 Å². The van der Waals surface area contributed by atoms with Crippen molar-refractivity contribution in [3.8, 4) is 0 Å². The number of hydrogen-bond acceptors (Lipinski definition) is 0. The number of benzene rings is 1. The van der Waals surface area contributed by atoms with Crippen molar-refractivity contribution in [2.75, 3.05) is 0 Å². The monoisotopic (exact) mass is 216 g/mol. The fraction of sp³-hybridized carbons (Fsp3) is 0.625. The lowest BCUT2D eigenvalue weighted by atomic mass is 9.69. The lowest BCUT2D eigenvalue weighted by Gasteiger charge is -2.36. The van der Waals surface area contributed by atoms with Crippen LogP contribution < -0.4 is 0 Å². The highest BCUT2D eigenvalue weighted by Crippen LogP contribution is 2.43. The molecule has 16 heavy (non-hydrogen) atoms. The van der Waals surface area contributed by atoms with E-state index in [9.17, 15) is 0 Å². The molecule has 3 atom stereocenters. The van der Waals surface area contributed by atoms with Gasteiger partial charge in [-0.2, -0.15) is 0 Å². The van der Waals surface area contributed by atoms with E-state index >= 15 is 0 Å². The highest BCUT2D eigenvalue weighted by Gasteiger charge is 2.30. The molecule has 1 fully saturated rings. The van der Waals surface area contributed by atoms with Crippen LogP contribution >= 0.6 is 0 Å². The smallest absolute Gasteiger partial charge is 0.0131 e. The van der Waals surface area contributed by atoms with Crippen LogP contribution in [0, 0.1) is 18.8 Å². The number of rotatable bonds is 2. The minimum atomic E-state index is 0.805. The largest absolute Gasteiger partial charge is 0.0651 e. The molecule has 0 unspecified atom stereocenters. The molecular formula is C16H24. The van der Waals surface area contributed by atoms with Gasteiger partial charge in [-0.05, 0) is 42.2 Å². The topological polar surface area (TPSA) is 0 Å². The summed E-state index contributed by atoms with van der Waals surface area (Å²) < 4.78 is 0. The SMILES string of the molecule is CC[C@H]1CCC[C@@H](c2ccccc2C)[C@@H]1C. The summed E-state index contributed by atoms with van der Waals surface area (Å²) in [5, 5.41) is 0. The second-order valence-electron chi connectivity index (χ2n) is 5.42. The van der Waals surface area contributed by atoms with Crippen LogP contribution in [-0.4, -0.2) is 0 Å². The molecule has 1 aliphatic carbocycles. The molecule has 0 aromatic heterocycles. The van der Waals surface area contributed by atoms with Gasteiger partial charge in [0.05, 0.1) is 0 Å². The standard InChI is InChI=1S/C16H24/c1-4-14-9-7-11-16(13(14)3)15-10-6-5-8-12(15)2/h5-6,8,10,13-14,16H,4,7,9,11H2,1-3H3/t13-,14+,16-/m1/s1. The van der Waals surface area contributed by atoms with Crippen molar-refractivity contribution in [3.63, 3.8) is 0 Å². The summed E-state index contributed by atoms with van der Waals surface area (Å²) in [4.78, 5) is 0. The molecule has 0 nitrogen and oxygen atoms in total. The molecule has 0 spiro atoms. The first-order valence-corrected chi connectivity index (χ1v) is 6.79. The normalized spacial score (nSPS) is 30.3. The van der Waals surface area contributed by atoms with Crippen LogP contribution in [0.15, 0.2) is 24.3 Å². The summed E-state index contributed by atoms with van der Waals surface area (Å²) in [5.74, 6) is 2.61. The van der Waals surface area contributed by atoms with Gasteiger partial charge in [-0.25, -0.2) is 0 Å². The highest BCUT2D eigenvalue weighted by molar-refractivity contribution is 5.30. The number of hydrogen-bond donors (Lipinski definition) is 0. The molecule has 1 saturated carbocycles. The molecule has 0 bridgehead atoms. The van der Waals surface area contributed by atoms with E-state index in [-0.39, 0.29) is 0 Å². The summed E-state index contributed by atoms with van der Waals surface area (Å²) in [7, 11) is 0. The minimum Gasteiger partial charge on any atom is -0.0651 e. The Morgan fingerprint density at radius 2 is 1.94 bits per heavy atom. The van der Waals surface area contributed by atoms with Gasteiger partial charge in [0.25, 0.3) is 0 Å².